The van der Waals surface area contributed by atoms with Crippen LogP contribution in [0.5, 0.6) is 5.75 Å². The van der Waals surface area contributed by atoms with Crippen LogP contribution in [0.25, 0.3) is 0 Å². The zero-order valence-corrected chi connectivity index (χ0v) is 17.0. The van der Waals surface area contributed by atoms with E-state index in [1.807, 2.05) is 0 Å². The molecule has 27 heavy (non-hydrogen) atoms. The largest absolute Gasteiger partial charge is 0.497 e. The van der Waals surface area contributed by atoms with Crippen LogP contribution in [0, 0.1) is 11.3 Å². The molecule has 0 saturated carbocycles. The molecule has 1 aromatic heterocycles. The minimum atomic E-state index is -0.637. The highest BCUT2D eigenvalue weighted by Crippen LogP contribution is 2.37. The molecule has 1 heterocycles. The van der Waals surface area contributed by atoms with Gasteiger partial charge in [0.2, 0.25) is 0 Å². The molecular weight excluding hydrogens is 432 g/mol. The van der Waals surface area contributed by atoms with Gasteiger partial charge in [-0.05, 0) is 65.4 Å². The molecule has 0 aliphatic heterocycles. The Kier molecular flexibility index (Phi) is 6.14. The monoisotopic (exact) mass is 448 g/mol. The van der Waals surface area contributed by atoms with Gasteiger partial charge in [0, 0.05) is 9.35 Å². The van der Waals surface area contributed by atoms with Crippen molar-refractivity contribution < 1.29 is 19.1 Å². The Morgan fingerprint density at radius 2 is 2.11 bits per heavy atom. The first-order chi connectivity index (χ1) is 13.0. The highest BCUT2D eigenvalue weighted by atomic mass is 79.9. The van der Waals surface area contributed by atoms with Crippen LogP contribution in [0.2, 0.25) is 0 Å². The quantitative estimate of drug-likeness (QED) is 0.696. The van der Waals surface area contributed by atoms with E-state index in [4.69, 9.17) is 9.47 Å². The summed E-state index contributed by atoms with van der Waals surface area (Å²) in [7, 11) is 1.50. The van der Waals surface area contributed by atoms with Crippen LogP contribution < -0.4 is 10.1 Å². The van der Waals surface area contributed by atoms with Crippen molar-refractivity contribution in [3.8, 4) is 11.8 Å². The Balaban J connectivity index is 1.65. The maximum atomic E-state index is 12.2. The number of carbonyl (C=O) groups excluding carboxylic acids is 2. The Morgan fingerprint density at radius 3 is 2.85 bits per heavy atom. The molecule has 0 bridgehead atoms. The smallest absolute Gasteiger partial charge is 0.339 e. The third kappa shape index (κ3) is 4.31. The van der Waals surface area contributed by atoms with Crippen LogP contribution in [-0.4, -0.2) is 25.6 Å². The number of carbonyl (C=O) groups is 2. The first kappa shape index (κ1) is 19.4. The average molecular weight is 449 g/mol. The predicted octanol–water partition coefficient (Wildman–Crippen LogP) is 4.07. The SMILES string of the molecule is COc1ccc(Br)c(C(=O)OCC(=O)Nc2sc3c(c2C#N)CCCC3)c1. The maximum absolute atomic E-state index is 12.2. The second-order valence-electron chi connectivity index (χ2n) is 6.00. The lowest BCUT2D eigenvalue weighted by atomic mass is 9.96. The summed E-state index contributed by atoms with van der Waals surface area (Å²) in [6, 6.07) is 7.10. The summed E-state index contributed by atoms with van der Waals surface area (Å²) >= 11 is 4.71. The number of rotatable bonds is 5. The van der Waals surface area contributed by atoms with E-state index in [-0.39, 0.29) is 5.56 Å². The Bertz CT molecular complexity index is 933. The standard InChI is InChI=1S/C19H17BrN2O4S/c1-25-11-6-7-15(20)13(8-11)19(24)26-10-17(23)22-18-14(9-21)12-4-2-3-5-16(12)27-18/h6-8H,2-5,10H2,1H3,(H,22,23). The Hall–Kier alpha value is -2.37. The van der Waals surface area contributed by atoms with Gasteiger partial charge >= 0.3 is 5.97 Å². The average Bonchev–Trinajstić information content (AvgIpc) is 3.03. The molecule has 140 valence electrons. The number of thiophene rings is 1. The van der Waals surface area contributed by atoms with Crippen LogP contribution >= 0.6 is 27.3 Å². The van der Waals surface area contributed by atoms with Crippen LogP contribution in [0.1, 0.15) is 39.2 Å². The van der Waals surface area contributed by atoms with Gasteiger partial charge in [0.1, 0.15) is 16.8 Å². The number of esters is 1. The summed E-state index contributed by atoms with van der Waals surface area (Å²) in [5.74, 6) is -0.600. The van der Waals surface area contributed by atoms with Crippen LogP contribution in [-0.2, 0) is 22.4 Å². The van der Waals surface area contributed by atoms with E-state index in [1.165, 1.54) is 24.5 Å². The number of benzene rings is 1. The number of halogens is 1. The highest BCUT2D eigenvalue weighted by Gasteiger charge is 2.22. The normalized spacial score (nSPS) is 12.6. The van der Waals surface area contributed by atoms with Crippen molar-refractivity contribution in [2.75, 3.05) is 19.0 Å². The summed E-state index contributed by atoms with van der Waals surface area (Å²) in [5, 5.41) is 12.7. The van der Waals surface area contributed by atoms with Crippen molar-refractivity contribution in [1.82, 2.24) is 0 Å². The molecule has 6 nitrogen and oxygen atoms in total. The number of ether oxygens (including phenoxy) is 2. The van der Waals surface area contributed by atoms with Gasteiger partial charge in [-0.15, -0.1) is 11.3 Å². The zero-order valence-electron chi connectivity index (χ0n) is 14.6. The molecule has 0 saturated heterocycles. The zero-order chi connectivity index (χ0) is 19.4. The maximum Gasteiger partial charge on any atom is 0.339 e. The van der Waals surface area contributed by atoms with E-state index in [2.05, 4.69) is 27.3 Å². The van der Waals surface area contributed by atoms with Crippen LogP contribution in [0.3, 0.4) is 0 Å². The molecule has 0 fully saturated rings. The fourth-order valence-electron chi connectivity index (χ4n) is 2.93. The molecule has 1 N–H and O–H groups in total. The molecule has 1 aliphatic rings. The minimum absolute atomic E-state index is 0.270. The summed E-state index contributed by atoms with van der Waals surface area (Å²) < 4.78 is 10.7. The number of aryl methyl sites for hydroxylation is 1. The van der Waals surface area contributed by atoms with Gasteiger partial charge in [-0.1, -0.05) is 0 Å². The van der Waals surface area contributed by atoms with E-state index in [1.54, 1.807) is 12.1 Å². The fraction of sp³-hybridized carbons (Fsp3) is 0.316. The van der Waals surface area contributed by atoms with Gasteiger partial charge in [-0.25, -0.2) is 4.79 Å². The van der Waals surface area contributed by atoms with Crippen molar-refractivity contribution in [3.05, 3.63) is 44.2 Å². The van der Waals surface area contributed by atoms with E-state index in [0.29, 0.717) is 20.8 Å². The van der Waals surface area contributed by atoms with E-state index in [9.17, 15) is 14.9 Å². The Morgan fingerprint density at radius 1 is 1.33 bits per heavy atom. The lowest BCUT2D eigenvalue weighted by Gasteiger charge is -2.09. The van der Waals surface area contributed by atoms with Crippen molar-refractivity contribution in [3.63, 3.8) is 0 Å². The highest BCUT2D eigenvalue weighted by molar-refractivity contribution is 9.10. The van der Waals surface area contributed by atoms with Gasteiger partial charge in [0.25, 0.3) is 5.91 Å². The summed E-state index contributed by atoms with van der Waals surface area (Å²) in [4.78, 5) is 25.6. The molecule has 2 aromatic rings. The number of anilines is 1. The van der Waals surface area contributed by atoms with Crippen molar-refractivity contribution in [2.45, 2.75) is 25.7 Å². The fourth-order valence-corrected chi connectivity index (χ4v) is 4.60. The van der Waals surface area contributed by atoms with Crippen LogP contribution in [0.15, 0.2) is 22.7 Å². The summed E-state index contributed by atoms with van der Waals surface area (Å²) in [6.45, 7) is -0.435. The summed E-state index contributed by atoms with van der Waals surface area (Å²) in [6.07, 6.45) is 3.95. The molecular formula is C19H17BrN2O4S. The van der Waals surface area contributed by atoms with Crippen molar-refractivity contribution in [1.29, 1.82) is 5.26 Å². The first-order valence-electron chi connectivity index (χ1n) is 8.38. The van der Waals surface area contributed by atoms with Gasteiger partial charge in [0.15, 0.2) is 6.61 Å². The second kappa shape index (κ2) is 8.55. The molecule has 0 unspecified atom stereocenters. The summed E-state index contributed by atoms with van der Waals surface area (Å²) in [5.41, 5.74) is 1.85. The topological polar surface area (TPSA) is 88.4 Å². The molecule has 0 radical (unpaired) electrons. The lowest BCUT2D eigenvalue weighted by molar-refractivity contribution is -0.119. The molecule has 3 rings (SSSR count). The lowest BCUT2D eigenvalue weighted by Crippen LogP contribution is -2.21. The second-order valence-corrected chi connectivity index (χ2v) is 7.96. The molecule has 8 heteroatoms. The minimum Gasteiger partial charge on any atom is -0.497 e. The van der Waals surface area contributed by atoms with Gasteiger partial charge in [-0.3, -0.25) is 4.79 Å². The van der Waals surface area contributed by atoms with Crippen molar-refractivity contribution in [2.24, 2.45) is 0 Å². The van der Waals surface area contributed by atoms with Gasteiger partial charge in [-0.2, -0.15) is 5.26 Å². The Labute approximate surface area is 169 Å². The number of amides is 1. The number of fused-ring (bicyclic) bond motifs is 1. The number of methoxy groups -OCH3 is 1. The number of nitrogens with one attached hydrogen (secondary N) is 1. The van der Waals surface area contributed by atoms with E-state index < -0.39 is 18.5 Å². The van der Waals surface area contributed by atoms with Crippen LogP contribution in [0.4, 0.5) is 5.00 Å². The van der Waals surface area contributed by atoms with E-state index in [0.717, 1.165) is 36.1 Å². The first-order valence-corrected chi connectivity index (χ1v) is 9.99. The van der Waals surface area contributed by atoms with E-state index >= 15 is 0 Å². The van der Waals surface area contributed by atoms with Gasteiger partial charge in [0.05, 0.1) is 18.2 Å². The molecule has 1 aromatic carbocycles. The number of nitriles is 1. The third-order valence-corrected chi connectivity index (χ3v) is 6.16. The van der Waals surface area contributed by atoms with Crippen molar-refractivity contribution >= 4 is 44.1 Å². The molecule has 1 aliphatic carbocycles. The number of hydrogen-bond acceptors (Lipinski definition) is 6. The molecule has 1 amide bonds. The molecule has 0 spiro atoms. The van der Waals surface area contributed by atoms with Gasteiger partial charge < -0.3 is 14.8 Å². The predicted molar refractivity (Wildman–Crippen MR) is 105 cm³/mol. The molecule has 0 atom stereocenters. The number of hydrogen-bond donors (Lipinski definition) is 1. The third-order valence-electron chi connectivity index (χ3n) is 4.26. The number of nitrogens with zero attached hydrogens (tertiary/aromatic N) is 1.